The Kier molecular flexibility index (Phi) is 6.58. The van der Waals surface area contributed by atoms with E-state index in [0.29, 0.717) is 36.5 Å². The number of para-hydroxylation sites is 2. The van der Waals surface area contributed by atoms with Crippen LogP contribution in [0.1, 0.15) is 22.3 Å². The summed E-state index contributed by atoms with van der Waals surface area (Å²) in [6.45, 7) is 3.46. The minimum absolute atomic E-state index is 0.0985. The SMILES string of the molecule is Cc1ccc(S(=O)(=O)N2CCCN(C(=O)c3ccccc3Nc3ccccc3)CC2)cc1. The van der Waals surface area contributed by atoms with Crippen molar-refractivity contribution in [3.8, 4) is 0 Å². The van der Waals surface area contributed by atoms with E-state index in [4.69, 9.17) is 0 Å². The van der Waals surface area contributed by atoms with Gasteiger partial charge in [0.05, 0.1) is 16.1 Å². The van der Waals surface area contributed by atoms with Gasteiger partial charge < -0.3 is 10.2 Å². The first-order valence-corrected chi connectivity index (χ1v) is 12.2. The molecule has 1 aliphatic heterocycles. The van der Waals surface area contributed by atoms with Crippen LogP contribution in [0.15, 0.2) is 83.8 Å². The molecule has 6 nitrogen and oxygen atoms in total. The molecule has 0 aliphatic carbocycles. The first-order chi connectivity index (χ1) is 15.4. The second-order valence-electron chi connectivity index (χ2n) is 7.90. The number of nitrogens with one attached hydrogen (secondary N) is 1. The first kappa shape index (κ1) is 22.0. The van der Waals surface area contributed by atoms with Crippen LogP contribution in [0.25, 0.3) is 0 Å². The topological polar surface area (TPSA) is 69.7 Å². The van der Waals surface area contributed by atoms with Gasteiger partial charge in [-0.2, -0.15) is 4.31 Å². The average Bonchev–Trinajstić information content (AvgIpc) is 3.07. The lowest BCUT2D eigenvalue weighted by Crippen LogP contribution is -2.37. The normalized spacial score (nSPS) is 15.2. The molecular weight excluding hydrogens is 422 g/mol. The molecule has 32 heavy (non-hydrogen) atoms. The molecule has 0 aromatic heterocycles. The molecule has 0 spiro atoms. The molecule has 3 aromatic rings. The van der Waals surface area contributed by atoms with Crippen molar-refractivity contribution in [3.63, 3.8) is 0 Å². The van der Waals surface area contributed by atoms with Gasteiger partial charge in [0, 0.05) is 31.9 Å². The van der Waals surface area contributed by atoms with Crippen molar-refractivity contribution in [1.29, 1.82) is 0 Å². The van der Waals surface area contributed by atoms with Crippen LogP contribution in [0.4, 0.5) is 11.4 Å². The highest BCUT2D eigenvalue weighted by Crippen LogP contribution is 2.24. The molecule has 1 heterocycles. The lowest BCUT2D eigenvalue weighted by molar-refractivity contribution is 0.0765. The van der Waals surface area contributed by atoms with E-state index < -0.39 is 10.0 Å². The summed E-state index contributed by atoms with van der Waals surface area (Å²) >= 11 is 0. The van der Waals surface area contributed by atoms with Gasteiger partial charge in [-0.05, 0) is 49.7 Å². The number of carbonyl (C=O) groups is 1. The highest BCUT2D eigenvalue weighted by atomic mass is 32.2. The summed E-state index contributed by atoms with van der Waals surface area (Å²) in [7, 11) is -3.58. The zero-order chi connectivity index (χ0) is 22.6. The Bertz CT molecular complexity index is 1180. The Labute approximate surface area is 189 Å². The van der Waals surface area contributed by atoms with Crippen LogP contribution < -0.4 is 5.32 Å². The number of benzene rings is 3. The summed E-state index contributed by atoms with van der Waals surface area (Å²) in [5.41, 5.74) is 3.22. The van der Waals surface area contributed by atoms with Crippen molar-refractivity contribution in [2.75, 3.05) is 31.5 Å². The number of anilines is 2. The molecular formula is C25H27N3O3S. The van der Waals surface area contributed by atoms with Gasteiger partial charge >= 0.3 is 0 Å². The lowest BCUT2D eigenvalue weighted by Gasteiger charge is -2.23. The summed E-state index contributed by atoms with van der Waals surface area (Å²) in [4.78, 5) is 15.4. The van der Waals surface area contributed by atoms with Crippen LogP contribution in [0.3, 0.4) is 0 Å². The lowest BCUT2D eigenvalue weighted by atomic mass is 10.1. The maximum atomic E-state index is 13.3. The zero-order valence-corrected chi connectivity index (χ0v) is 18.9. The molecule has 1 aliphatic rings. The molecule has 0 radical (unpaired) electrons. The van der Waals surface area contributed by atoms with E-state index in [1.807, 2.05) is 55.5 Å². The molecule has 166 valence electrons. The summed E-state index contributed by atoms with van der Waals surface area (Å²) in [5, 5.41) is 3.31. The molecule has 1 N–H and O–H groups in total. The zero-order valence-electron chi connectivity index (χ0n) is 18.1. The molecule has 4 rings (SSSR count). The molecule has 0 atom stereocenters. The quantitative estimate of drug-likeness (QED) is 0.631. The van der Waals surface area contributed by atoms with Crippen molar-refractivity contribution in [2.45, 2.75) is 18.2 Å². The van der Waals surface area contributed by atoms with E-state index in [-0.39, 0.29) is 12.5 Å². The van der Waals surface area contributed by atoms with Crippen LogP contribution >= 0.6 is 0 Å². The highest BCUT2D eigenvalue weighted by Gasteiger charge is 2.29. The minimum atomic E-state index is -3.58. The van der Waals surface area contributed by atoms with Gasteiger partial charge in [-0.1, -0.05) is 48.0 Å². The average molecular weight is 450 g/mol. The largest absolute Gasteiger partial charge is 0.355 e. The van der Waals surface area contributed by atoms with Gasteiger partial charge in [0.25, 0.3) is 5.91 Å². The van der Waals surface area contributed by atoms with E-state index in [0.717, 1.165) is 16.9 Å². The summed E-state index contributed by atoms with van der Waals surface area (Å²) in [6.07, 6.45) is 0.588. The number of hydrogen-bond donors (Lipinski definition) is 1. The number of sulfonamides is 1. The molecule has 0 unspecified atom stereocenters. The fourth-order valence-electron chi connectivity index (χ4n) is 3.82. The van der Waals surface area contributed by atoms with Crippen LogP contribution in [0, 0.1) is 6.92 Å². The molecule has 7 heteroatoms. The summed E-state index contributed by atoms with van der Waals surface area (Å²) in [6, 6.07) is 24.0. The fourth-order valence-corrected chi connectivity index (χ4v) is 5.29. The monoisotopic (exact) mass is 449 g/mol. The minimum Gasteiger partial charge on any atom is -0.355 e. The Morgan fingerprint density at radius 3 is 2.25 bits per heavy atom. The predicted octanol–water partition coefficient (Wildman–Crippen LogP) is 4.28. The van der Waals surface area contributed by atoms with Crippen molar-refractivity contribution in [1.82, 2.24) is 9.21 Å². The maximum absolute atomic E-state index is 13.3. The Morgan fingerprint density at radius 2 is 1.50 bits per heavy atom. The number of carbonyl (C=O) groups excluding carboxylic acids is 1. The van der Waals surface area contributed by atoms with E-state index in [1.165, 1.54) is 4.31 Å². The number of rotatable bonds is 5. The Hall–Kier alpha value is -3.16. The van der Waals surface area contributed by atoms with E-state index in [9.17, 15) is 13.2 Å². The fraction of sp³-hybridized carbons (Fsp3) is 0.240. The molecule has 3 aromatic carbocycles. The smallest absolute Gasteiger partial charge is 0.256 e. The second kappa shape index (κ2) is 9.54. The third-order valence-corrected chi connectivity index (χ3v) is 7.52. The van der Waals surface area contributed by atoms with Crippen LogP contribution in [0.5, 0.6) is 0 Å². The molecule has 1 fully saturated rings. The van der Waals surface area contributed by atoms with Crippen LogP contribution in [-0.2, 0) is 10.0 Å². The number of nitrogens with zero attached hydrogens (tertiary/aromatic N) is 2. The van der Waals surface area contributed by atoms with Gasteiger partial charge in [0.1, 0.15) is 0 Å². The first-order valence-electron chi connectivity index (χ1n) is 10.7. The van der Waals surface area contributed by atoms with Gasteiger partial charge in [-0.3, -0.25) is 4.79 Å². The Balaban J connectivity index is 1.49. The van der Waals surface area contributed by atoms with Crippen molar-refractivity contribution >= 4 is 27.3 Å². The van der Waals surface area contributed by atoms with Crippen LogP contribution in [-0.4, -0.2) is 49.7 Å². The van der Waals surface area contributed by atoms with E-state index in [2.05, 4.69) is 5.32 Å². The number of aryl methyl sites for hydroxylation is 1. The third kappa shape index (κ3) is 4.84. The van der Waals surface area contributed by atoms with Crippen LogP contribution in [0.2, 0.25) is 0 Å². The molecule has 0 bridgehead atoms. The Morgan fingerprint density at radius 1 is 0.812 bits per heavy atom. The standard InChI is InChI=1S/C25H27N3O3S/c1-20-12-14-22(15-13-20)32(30,31)28-17-7-16-27(18-19-28)25(29)23-10-5-6-11-24(23)26-21-8-3-2-4-9-21/h2-6,8-15,26H,7,16-19H2,1H3. The summed E-state index contributed by atoms with van der Waals surface area (Å²) < 4.78 is 27.6. The molecule has 0 saturated carbocycles. The van der Waals surface area contributed by atoms with E-state index in [1.54, 1.807) is 35.2 Å². The van der Waals surface area contributed by atoms with Gasteiger partial charge in [0.15, 0.2) is 0 Å². The molecule has 1 saturated heterocycles. The van der Waals surface area contributed by atoms with Crippen molar-refractivity contribution < 1.29 is 13.2 Å². The number of amides is 1. The number of hydrogen-bond acceptors (Lipinski definition) is 4. The van der Waals surface area contributed by atoms with E-state index >= 15 is 0 Å². The maximum Gasteiger partial charge on any atom is 0.256 e. The predicted molar refractivity (Wildman–Crippen MR) is 127 cm³/mol. The summed E-state index contributed by atoms with van der Waals surface area (Å²) in [5.74, 6) is -0.0985. The van der Waals surface area contributed by atoms with Gasteiger partial charge in [-0.25, -0.2) is 8.42 Å². The third-order valence-electron chi connectivity index (χ3n) is 5.61. The van der Waals surface area contributed by atoms with Gasteiger partial charge in [-0.15, -0.1) is 0 Å². The molecule has 1 amide bonds. The van der Waals surface area contributed by atoms with Crippen molar-refractivity contribution in [2.24, 2.45) is 0 Å². The second-order valence-corrected chi connectivity index (χ2v) is 9.84. The van der Waals surface area contributed by atoms with Crippen molar-refractivity contribution in [3.05, 3.63) is 90.0 Å². The van der Waals surface area contributed by atoms with Gasteiger partial charge in [0.2, 0.25) is 10.0 Å². The highest BCUT2D eigenvalue weighted by molar-refractivity contribution is 7.89.